The first-order valence-corrected chi connectivity index (χ1v) is 9.84. The number of carbonyl (C=O) groups excluding carboxylic acids is 2. The minimum atomic E-state index is -0.916. The van der Waals surface area contributed by atoms with Gasteiger partial charge in [0.2, 0.25) is 6.41 Å². The van der Waals surface area contributed by atoms with Crippen molar-refractivity contribution in [2.24, 2.45) is 5.18 Å². The van der Waals surface area contributed by atoms with Gasteiger partial charge < -0.3 is 9.47 Å². The van der Waals surface area contributed by atoms with Gasteiger partial charge in [0.15, 0.2) is 0 Å². The maximum Gasteiger partial charge on any atom is 0.316 e. The molecule has 2 amide bonds. The summed E-state index contributed by atoms with van der Waals surface area (Å²) < 4.78 is 11.5. The van der Waals surface area contributed by atoms with E-state index in [2.05, 4.69) is 18.3 Å². The van der Waals surface area contributed by atoms with Gasteiger partial charge in [0, 0.05) is 16.8 Å². The number of carbonyl (C=O) groups is 2. The molecule has 0 radical (unpaired) electrons. The summed E-state index contributed by atoms with van der Waals surface area (Å²) in [6, 6.07) is 9.09. The van der Waals surface area contributed by atoms with Gasteiger partial charge in [-0.1, -0.05) is 39.2 Å². The lowest BCUT2D eigenvalue weighted by Gasteiger charge is -2.23. The molecule has 2 aromatic rings. The lowest BCUT2D eigenvalue weighted by Crippen LogP contribution is -2.30. The topological polar surface area (TPSA) is 109 Å². The minimum Gasteiger partial charge on any atom is -0.489 e. The number of amides is 2. The van der Waals surface area contributed by atoms with Crippen LogP contribution in [-0.2, 0) is 4.79 Å². The Morgan fingerprint density at radius 2 is 1.69 bits per heavy atom. The third-order valence-electron chi connectivity index (χ3n) is 4.52. The second-order valence-corrected chi connectivity index (χ2v) is 7.01. The van der Waals surface area contributed by atoms with Crippen LogP contribution in [0.2, 0.25) is 0 Å². The van der Waals surface area contributed by atoms with E-state index in [1.54, 1.807) is 24.3 Å². The van der Waals surface area contributed by atoms with Gasteiger partial charge >= 0.3 is 5.91 Å². The number of amidine groups is 1. The van der Waals surface area contributed by atoms with Crippen LogP contribution in [0.15, 0.2) is 66.9 Å². The fraction of sp³-hybridized carbons (Fsp3) is 0.208. The van der Waals surface area contributed by atoms with Crippen molar-refractivity contribution in [2.75, 3.05) is 18.1 Å². The number of hydrogen-bond acceptors (Lipinski definition) is 6. The molecule has 8 heteroatoms. The largest absolute Gasteiger partial charge is 0.489 e. The Bertz CT molecular complexity index is 1030. The number of nitrogens with zero attached hydrogens (tertiary/aromatic N) is 2. The van der Waals surface area contributed by atoms with Crippen molar-refractivity contribution >= 4 is 23.8 Å². The number of nitrogens with one attached hydrogen (secondary N) is 1. The third-order valence-corrected chi connectivity index (χ3v) is 4.52. The van der Waals surface area contributed by atoms with Gasteiger partial charge in [-0.2, -0.15) is 0 Å². The molecule has 0 bridgehead atoms. The van der Waals surface area contributed by atoms with Gasteiger partial charge in [-0.15, -0.1) is 4.91 Å². The normalized spacial score (nSPS) is 10.2. The molecule has 0 aliphatic rings. The molecular formula is C24H25N3O5. The molecule has 166 valence electrons. The van der Waals surface area contributed by atoms with Gasteiger partial charge in [0.25, 0.3) is 0 Å². The van der Waals surface area contributed by atoms with E-state index < -0.39 is 5.91 Å². The summed E-state index contributed by atoms with van der Waals surface area (Å²) in [5.74, 6) is -0.0369. The first kappa shape index (κ1) is 24.2. The van der Waals surface area contributed by atoms with Crippen molar-refractivity contribution < 1.29 is 19.1 Å². The molecule has 0 atom stereocenters. The Morgan fingerprint density at radius 1 is 1.09 bits per heavy atom. The van der Waals surface area contributed by atoms with E-state index >= 15 is 0 Å². The fourth-order valence-corrected chi connectivity index (χ4v) is 2.95. The van der Waals surface area contributed by atoms with Gasteiger partial charge in [-0.25, -0.2) is 0 Å². The van der Waals surface area contributed by atoms with E-state index in [9.17, 15) is 14.5 Å². The zero-order chi connectivity index (χ0) is 23.7. The van der Waals surface area contributed by atoms with E-state index in [1.807, 2.05) is 13.8 Å². The standard InChI is InChI=1S/C24H25N3O5/c1-5-11-31-21-14-22(32-12-6-2)20(13-19(21)16(3)4)23(25)27(15-28)18-9-7-17(8-10-18)24(29)26-30/h5-10,13-16,25H,1-2,11-12H2,3-4H3. The van der Waals surface area contributed by atoms with Crippen LogP contribution in [0.3, 0.4) is 0 Å². The van der Waals surface area contributed by atoms with Crippen LogP contribution in [0, 0.1) is 10.3 Å². The van der Waals surface area contributed by atoms with Crippen LogP contribution in [-0.4, -0.2) is 31.4 Å². The Balaban J connectivity index is 2.54. The summed E-state index contributed by atoms with van der Waals surface area (Å²) in [7, 11) is 0. The van der Waals surface area contributed by atoms with E-state index in [0.717, 1.165) is 10.5 Å². The van der Waals surface area contributed by atoms with Crippen molar-refractivity contribution in [2.45, 2.75) is 19.8 Å². The van der Waals surface area contributed by atoms with Crippen molar-refractivity contribution in [3.63, 3.8) is 0 Å². The van der Waals surface area contributed by atoms with Crippen LogP contribution in [0.5, 0.6) is 11.5 Å². The molecule has 0 fully saturated rings. The predicted molar refractivity (Wildman–Crippen MR) is 124 cm³/mol. The predicted octanol–water partition coefficient (Wildman–Crippen LogP) is 4.83. The smallest absolute Gasteiger partial charge is 0.316 e. The van der Waals surface area contributed by atoms with Gasteiger partial charge in [0.05, 0.1) is 11.3 Å². The Kier molecular flexibility index (Phi) is 8.59. The molecular weight excluding hydrogens is 410 g/mol. The number of ether oxygens (including phenoxy) is 2. The fourth-order valence-electron chi connectivity index (χ4n) is 2.95. The highest BCUT2D eigenvalue weighted by atomic mass is 16.5. The SMILES string of the molecule is C=CCOc1cc(OCC=C)c(C(C)C)cc1C(=N)N(C=O)c1ccc(C(=O)N=O)cc1. The number of hydrogen-bond donors (Lipinski definition) is 1. The molecule has 32 heavy (non-hydrogen) atoms. The highest BCUT2D eigenvalue weighted by molar-refractivity contribution is 6.18. The monoisotopic (exact) mass is 435 g/mol. The Morgan fingerprint density at radius 3 is 2.19 bits per heavy atom. The Hall–Kier alpha value is -4.07. The summed E-state index contributed by atoms with van der Waals surface area (Å²) >= 11 is 0. The summed E-state index contributed by atoms with van der Waals surface area (Å²) in [6.45, 7) is 11.8. The van der Waals surface area contributed by atoms with E-state index in [4.69, 9.17) is 14.9 Å². The van der Waals surface area contributed by atoms with Crippen LogP contribution < -0.4 is 14.4 Å². The summed E-state index contributed by atoms with van der Waals surface area (Å²) in [5.41, 5.74) is 1.63. The highest BCUT2D eigenvalue weighted by Gasteiger charge is 2.22. The average molecular weight is 435 g/mol. The summed E-state index contributed by atoms with van der Waals surface area (Å²) in [6.07, 6.45) is 3.70. The highest BCUT2D eigenvalue weighted by Crippen LogP contribution is 2.35. The van der Waals surface area contributed by atoms with Gasteiger partial charge in [0.1, 0.15) is 30.5 Å². The molecule has 0 saturated heterocycles. The molecule has 0 saturated carbocycles. The van der Waals surface area contributed by atoms with Crippen LogP contribution in [0.4, 0.5) is 5.69 Å². The second kappa shape index (κ2) is 11.4. The van der Waals surface area contributed by atoms with Crippen molar-refractivity contribution in [3.05, 3.63) is 83.3 Å². The molecule has 2 rings (SSSR count). The number of benzene rings is 2. The molecule has 0 spiro atoms. The number of anilines is 1. The van der Waals surface area contributed by atoms with Crippen molar-refractivity contribution in [1.29, 1.82) is 5.41 Å². The molecule has 8 nitrogen and oxygen atoms in total. The number of nitroso groups, excluding NO2 is 1. The van der Waals surface area contributed by atoms with Crippen molar-refractivity contribution in [3.8, 4) is 11.5 Å². The van der Waals surface area contributed by atoms with Crippen molar-refractivity contribution in [1.82, 2.24) is 0 Å². The maximum absolute atomic E-state index is 11.9. The van der Waals surface area contributed by atoms with Gasteiger partial charge in [-0.05, 0) is 41.8 Å². The number of rotatable bonds is 11. The molecule has 0 aromatic heterocycles. The molecule has 1 N–H and O–H groups in total. The molecule has 0 heterocycles. The second-order valence-electron chi connectivity index (χ2n) is 7.01. The zero-order valence-electron chi connectivity index (χ0n) is 18.0. The molecule has 0 aliphatic heterocycles. The van der Waals surface area contributed by atoms with Gasteiger partial charge in [-0.3, -0.25) is 19.9 Å². The van der Waals surface area contributed by atoms with Crippen LogP contribution >= 0.6 is 0 Å². The minimum absolute atomic E-state index is 0.0700. The van der Waals surface area contributed by atoms with Crippen LogP contribution in [0.25, 0.3) is 0 Å². The quantitative estimate of drug-likeness (QED) is 0.179. The molecule has 0 unspecified atom stereocenters. The van der Waals surface area contributed by atoms with Crippen LogP contribution in [0.1, 0.15) is 41.3 Å². The maximum atomic E-state index is 11.9. The van der Waals surface area contributed by atoms with E-state index in [0.29, 0.717) is 35.8 Å². The first-order chi connectivity index (χ1) is 15.4. The average Bonchev–Trinajstić information content (AvgIpc) is 2.81. The third kappa shape index (κ3) is 5.54. The van der Waals surface area contributed by atoms with E-state index in [1.165, 1.54) is 24.3 Å². The van der Waals surface area contributed by atoms with E-state index in [-0.39, 0.29) is 23.9 Å². The lowest BCUT2D eigenvalue weighted by molar-refractivity contribution is -0.106. The lowest BCUT2D eigenvalue weighted by atomic mass is 9.98. The molecule has 2 aromatic carbocycles. The summed E-state index contributed by atoms with van der Waals surface area (Å²) in [5, 5.41) is 11.1. The summed E-state index contributed by atoms with van der Waals surface area (Å²) in [4.78, 5) is 34.9. The molecule has 0 aliphatic carbocycles. The zero-order valence-corrected chi connectivity index (χ0v) is 18.0. The Labute approximate surface area is 186 Å². The first-order valence-electron chi connectivity index (χ1n) is 9.84.